The predicted octanol–water partition coefficient (Wildman–Crippen LogP) is 2.23. The van der Waals surface area contributed by atoms with Gasteiger partial charge >= 0.3 is 0 Å². The molecule has 0 saturated heterocycles. The van der Waals surface area contributed by atoms with Crippen molar-refractivity contribution in [1.82, 2.24) is 4.90 Å². The Morgan fingerprint density at radius 3 is 2.60 bits per heavy atom. The second-order valence-corrected chi connectivity index (χ2v) is 7.37. The maximum absolute atomic E-state index is 14.1. The van der Waals surface area contributed by atoms with Crippen LogP contribution < -0.4 is 0 Å². The summed E-state index contributed by atoms with van der Waals surface area (Å²) < 4.78 is 41.7. The number of carbonyl (C=O) groups is 1. The van der Waals surface area contributed by atoms with E-state index in [-0.39, 0.29) is 23.2 Å². The summed E-state index contributed by atoms with van der Waals surface area (Å²) in [6.45, 7) is 0.517. The molecule has 0 aromatic heterocycles. The number of methoxy groups -OCH3 is 1. The van der Waals surface area contributed by atoms with Gasteiger partial charge < -0.3 is 9.64 Å². The average molecular weight is 389 g/mol. The number of carbonyl (C=O) groups excluding carboxylic acids is 1. The molecule has 0 N–H and O–H groups in total. The highest BCUT2D eigenvalue weighted by Crippen LogP contribution is 2.27. The van der Waals surface area contributed by atoms with Crippen molar-refractivity contribution in [3.63, 3.8) is 0 Å². The predicted molar refractivity (Wildman–Crippen MR) is 76.0 cm³/mol. The Balaban J connectivity index is 3.26. The van der Waals surface area contributed by atoms with Gasteiger partial charge in [-0.15, -0.1) is 0 Å². The van der Waals surface area contributed by atoms with E-state index in [1.165, 1.54) is 25.1 Å². The van der Waals surface area contributed by atoms with Gasteiger partial charge in [0, 0.05) is 35.9 Å². The Kier molecular flexibility index (Phi) is 5.93. The van der Waals surface area contributed by atoms with E-state index >= 15 is 0 Å². The summed E-state index contributed by atoms with van der Waals surface area (Å²) >= 11 is 3.02. The Morgan fingerprint density at radius 1 is 1.50 bits per heavy atom. The van der Waals surface area contributed by atoms with E-state index in [2.05, 4.69) is 15.9 Å². The summed E-state index contributed by atoms with van der Waals surface area (Å²) in [4.78, 5) is 12.6. The van der Waals surface area contributed by atoms with Crippen LogP contribution in [0.3, 0.4) is 0 Å². The van der Waals surface area contributed by atoms with Gasteiger partial charge in [0.1, 0.15) is 4.90 Å². The van der Waals surface area contributed by atoms with Crippen LogP contribution in [0.2, 0.25) is 0 Å². The minimum absolute atomic E-state index is 0.238. The molecule has 0 bridgehead atoms. The normalized spacial score (nSPS) is 11.4. The maximum Gasteiger partial charge on any atom is 0.264 e. The minimum atomic E-state index is -4.28. The summed E-state index contributed by atoms with van der Waals surface area (Å²) in [5.74, 6) is -1.83. The highest BCUT2D eigenvalue weighted by molar-refractivity contribution is 9.10. The smallest absolute Gasteiger partial charge is 0.264 e. The molecule has 1 aromatic rings. The van der Waals surface area contributed by atoms with Crippen molar-refractivity contribution in [1.29, 1.82) is 0 Å². The molecular formula is C11H12BrClFNO4S. The quantitative estimate of drug-likeness (QED) is 0.726. The molecule has 0 aliphatic carbocycles. The fourth-order valence-electron chi connectivity index (χ4n) is 1.43. The molecule has 0 heterocycles. The lowest BCUT2D eigenvalue weighted by Gasteiger charge is -2.17. The van der Waals surface area contributed by atoms with E-state index in [0.717, 1.165) is 6.07 Å². The zero-order chi connectivity index (χ0) is 15.5. The minimum Gasteiger partial charge on any atom is -0.383 e. The number of benzene rings is 1. The molecule has 0 aliphatic rings. The number of rotatable bonds is 5. The molecule has 0 radical (unpaired) electrons. The molecule has 5 nitrogen and oxygen atoms in total. The van der Waals surface area contributed by atoms with Crippen LogP contribution in [-0.2, 0) is 13.8 Å². The number of ether oxygens (including phenoxy) is 1. The maximum atomic E-state index is 14.1. The van der Waals surface area contributed by atoms with Gasteiger partial charge in [-0.25, -0.2) is 12.8 Å². The summed E-state index contributed by atoms with van der Waals surface area (Å²) in [6, 6.07) is 2.20. The van der Waals surface area contributed by atoms with Crippen LogP contribution in [0.15, 0.2) is 21.5 Å². The highest BCUT2D eigenvalue weighted by Gasteiger charge is 2.25. The highest BCUT2D eigenvalue weighted by atomic mass is 79.9. The van der Waals surface area contributed by atoms with Crippen LogP contribution in [0.1, 0.15) is 10.4 Å². The molecule has 9 heteroatoms. The van der Waals surface area contributed by atoms with Gasteiger partial charge in [0.05, 0.1) is 12.2 Å². The fraction of sp³-hybridized carbons (Fsp3) is 0.364. The number of amides is 1. The first-order chi connectivity index (χ1) is 9.18. The van der Waals surface area contributed by atoms with E-state index in [0.29, 0.717) is 0 Å². The van der Waals surface area contributed by atoms with Crippen LogP contribution in [0.5, 0.6) is 0 Å². The van der Waals surface area contributed by atoms with E-state index in [9.17, 15) is 17.6 Å². The Hall–Kier alpha value is -0.700. The number of likely N-dealkylation sites (N-methyl/N-ethyl adjacent to an activating group) is 1. The first-order valence-corrected chi connectivity index (χ1v) is 8.46. The summed E-state index contributed by atoms with van der Waals surface area (Å²) in [5.41, 5.74) is -0.378. The standard InChI is InChI=1S/C11H12BrClFNO4S/c1-15(3-4-19-2)11(16)8-5-7(12)6-9(10(8)14)20(13,17)18/h5-6H,3-4H2,1-2H3. The monoisotopic (exact) mass is 387 g/mol. The summed E-state index contributed by atoms with van der Waals surface area (Å²) in [6.07, 6.45) is 0. The second kappa shape index (κ2) is 6.84. The van der Waals surface area contributed by atoms with Gasteiger partial charge in [0.2, 0.25) is 0 Å². The van der Waals surface area contributed by atoms with Crippen LogP contribution in [-0.4, -0.2) is 46.5 Å². The molecule has 112 valence electrons. The third kappa shape index (κ3) is 4.15. The first-order valence-electron chi connectivity index (χ1n) is 5.36. The lowest BCUT2D eigenvalue weighted by molar-refractivity contribution is 0.0739. The van der Waals surface area contributed by atoms with Gasteiger partial charge in [-0.1, -0.05) is 15.9 Å². The molecule has 0 unspecified atom stereocenters. The Labute approximate surface area is 129 Å². The van der Waals surface area contributed by atoms with Crippen molar-refractivity contribution in [2.75, 3.05) is 27.3 Å². The molecule has 0 fully saturated rings. The zero-order valence-electron chi connectivity index (χ0n) is 10.7. The van der Waals surface area contributed by atoms with E-state index < -0.39 is 25.7 Å². The van der Waals surface area contributed by atoms with Crippen LogP contribution in [0.25, 0.3) is 0 Å². The number of halogens is 3. The lowest BCUT2D eigenvalue weighted by atomic mass is 10.2. The molecule has 0 spiro atoms. The van der Waals surface area contributed by atoms with Crippen LogP contribution in [0.4, 0.5) is 4.39 Å². The third-order valence-electron chi connectivity index (χ3n) is 2.47. The largest absolute Gasteiger partial charge is 0.383 e. The molecule has 1 aromatic carbocycles. The van der Waals surface area contributed by atoms with Crippen molar-refractivity contribution < 1.29 is 22.3 Å². The van der Waals surface area contributed by atoms with Crippen molar-refractivity contribution in [2.24, 2.45) is 0 Å². The molecule has 1 rings (SSSR count). The number of hydrogen-bond donors (Lipinski definition) is 0. The van der Waals surface area contributed by atoms with Crippen molar-refractivity contribution >= 4 is 41.6 Å². The molecule has 0 atom stereocenters. The topological polar surface area (TPSA) is 63.7 Å². The number of hydrogen-bond acceptors (Lipinski definition) is 4. The first kappa shape index (κ1) is 17.4. The van der Waals surface area contributed by atoms with Crippen molar-refractivity contribution in [3.8, 4) is 0 Å². The molecule has 20 heavy (non-hydrogen) atoms. The molecule has 1 amide bonds. The van der Waals surface area contributed by atoms with Crippen molar-refractivity contribution in [3.05, 3.63) is 28.0 Å². The molecule has 0 saturated carbocycles. The Morgan fingerprint density at radius 2 is 2.10 bits per heavy atom. The fourth-order valence-corrected chi connectivity index (χ4v) is 2.97. The van der Waals surface area contributed by atoms with Gasteiger partial charge in [0.25, 0.3) is 15.0 Å². The average Bonchev–Trinajstić information content (AvgIpc) is 2.36. The lowest BCUT2D eigenvalue weighted by Crippen LogP contribution is -2.30. The molecule has 0 aliphatic heterocycles. The van der Waals surface area contributed by atoms with Crippen LogP contribution >= 0.6 is 26.6 Å². The Bertz CT molecular complexity index is 623. The van der Waals surface area contributed by atoms with Crippen molar-refractivity contribution in [2.45, 2.75) is 4.90 Å². The van der Waals surface area contributed by atoms with E-state index in [1.807, 2.05) is 0 Å². The summed E-state index contributed by atoms with van der Waals surface area (Å²) in [5, 5.41) is 0. The van der Waals surface area contributed by atoms with Gasteiger partial charge in [0.15, 0.2) is 5.82 Å². The second-order valence-electron chi connectivity index (χ2n) is 3.92. The number of nitrogens with zero attached hydrogens (tertiary/aromatic N) is 1. The van der Waals surface area contributed by atoms with Gasteiger partial charge in [-0.3, -0.25) is 4.79 Å². The van der Waals surface area contributed by atoms with E-state index in [4.69, 9.17) is 15.4 Å². The van der Waals surface area contributed by atoms with Gasteiger partial charge in [-0.2, -0.15) is 0 Å². The van der Waals surface area contributed by atoms with E-state index in [1.54, 1.807) is 0 Å². The van der Waals surface area contributed by atoms with Crippen LogP contribution in [0, 0.1) is 5.82 Å². The zero-order valence-corrected chi connectivity index (χ0v) is 13.8. The molecular weight excluding hydrogens is 377 g/mol. The van der Waals surface area contributed by atoms with Gasteiger partial charge in [-0.05, 0) is 12.1 Å². The SMILES string of the molecule is COCCN(C)C(=O)c1cc(Br)cc(S(=O)(=O)Cl)c1F. The summed E-state index contributed by atoms with van der Waals surface area (Å²) in [7, 11) is 3.78. The third-order valence-corrected chi connectivity index (χ3v) is 4.25.